The number of nitrogens with one attached hydrogen (secondary N) is 2. The quantitative estimate of drug-likeness (QED) is 0.722. The number of carbonyl (C=O) groups is 3. The van der Waals surface area contributed by atoms with E-state index in [2.05, 4.69) is 15.5 Å². The highest BCUT2D eigenvalue weighted by Crippen LogP contribution is 2.55. The Morgan fingerprint density at radius 3 is 2.75 bits per heavy atom. The molecule has 5 rings (SSSR count). The zero-order chi connectivity index (χ0) is 22.5. The van der Waals surface area contributed by atoms with Crippen LogP contribution in [0.2, 0.25) is 0 Å². The highest BCUT2D eigenvalue weighted by atomic mass is 16.5. The molecule has 32 heavy (non-hydrogen) atoms. The minimum atomic E-state index is -0.975. The second kappa shape index (κ2) is 7.74. The molecule has 2 N–H and O–H groups in total. The predicted molar refractivity (Wildman–Crippen MR) is 120 cm³/mol. The van der Waals surface area contributed by atoms with Crippen molar-refractivity contribution in [1.29, 1.82) is 0 Å². The van der Waals surface area contributed by atoms with Gasteiger partial charge in [0, 0.05) is 23.0 Å². The summed E-state index contributed by atoms with van der Waals surface area (Å²) in [4.78, 5) is 41.2. The van der Waals surface area contributed by atoms with E-state index < -0.39 is 17.4 Å². The summed E-state index contributed by atoms with van der Waals surface area (Å²) >= 11 is 0. The Hall–Kier alpha value is -3.19. The minimum Gasteiger partial charge on any atom is -0.462 e. The van der Waals surface area contributed by atoms with Crippen LogP contribution in [0.25, 0.3) is 0 Å². The molecule has 1 spiro atoms. The highest BCUT2D eigenvalue weighted by molar-refractivity contribution is 6.10. The Morgan fingerprint density at radius 1 is 1.22 bits per heavy atom. The number of ether oxygens (including phenoxy) is 1. The van der Waals surface area contributed by atoms with Crippen molar-refractivity contribution >= 4 is 29.2 Å². The molecule has 2 amide bonds. The first-order chi connectivity index (χ1) is 15.4. The number of esters is 1. The second-order valence-electron chi connectivity index (χ2n) is 8.83. The number of aryl methyl sites for hydroxylation is 1. The van der Waals surface area contributed by atoms with Crippen LogP contribution in [0, 0.1) is 12.8 Å². The van der Waals surface area contributed by atoms with Gasteiger partial charge in [0.15, 0.2) is 0 Å². The summed E-state index contributed by atoms with van der Waals surface area (Å²) in [6, 6.07) is 12.8. The van der Waals surface area contributed by atoms with Crippen molar-refractivity contribution in [2.24, 2.45) is 5.92 Å². The van der Waals surface area contributed by atoms with Crippen LogP contribution in [0.15, 0.2) is 42.5 Å². The molecule has 2 fully saturated rings. The molecule has 166 valence electrons. The standard InChI is InChI=1S/C25H27N3O4/c1-3-32-23(30)16-7-9-17(10-8-16)26-22(29)20-14-18-5-4-12-28(18)25(20)19-13-15(2)6-11-21(19)27-24(25)31/h6-11,13,18,20H,3-5,12,14H2,1-2H3,(H,26,29)(H,27,31)/t18-,20+,25-/m1/s1. The Labute approximate surface area is 187 Å². The molecule has 2 saturated heterocycles. The largest absolute Gasteiger partial charge is 0.462 e. The van der Waals surface area contributed by atoms with Crippen LogP contribution in [0.3, 0.4) is 0 Å². The number of hydrogen-bond acceptors (Lipinski definition) is 5. The SMILES string of the molecule is CCOC(=O)c1ccc(NC(=O)[C@@H]2C[C@H]3CCCN3[C@@]23C(=O)Nc2ccc(C)cc23)cc1. The molecule has 3 aliphatic heterocycles. The normalized spacial score (nSPS) is 26.0. The van der Waals surface area contributed by atoms with Gasteiger partial charge >= 0.3 is 5.97 Å². The van der Waals surface area contributed by atoms with Crippen molar-refractivity contribution in [1.82, 2.24) is 4.90 Å². The lowest BCUT2D eigenvalue weighted by molar-refractivity contribution is -0.135. The van der Waals surface area contributed by atoms with E-state index in [9.17, 15) is 14.4 Å². The number of fused-ring (bicyclic) bond motifs is 4. The average Bonchev–Trinajstić information content (AvgIpc) is 3.43. The number of anilines is 2. The fraction of sp³-hybridized carbons (Fsp3) is 0.400. The van der Waals surface area contributed by atoms with Crippen molar-refractivity contribution in [2.75, 3.05) is 23.8 Å². The first-order valence-electron chi connectivity index (χ1n) is 11.2. The monoisotopic (exact) mass is 433 g/mol. The maximum absolute atomic E-state index is 13.6. The van der Waals surface area contributed by atoms with Gasteiger partial charge in [-0.25, -0.2) is 4.79 Å². The van der Waals surface area contributed by atoms with E-state index in [1.807, 2.05) is 25.1 Å². The maximum Gasteiger partial charge on any atom is 0.338 e. The summed E-state index contributed by atoms with van der Waals surface area (Å²) in [5.41, 5.74) is 2.82. The Kier molecular flexibility index (Phi) is 5.01. The second-order valence-corrected chi connectivity index (χ2v) is 8.83. The predicted octanol–water partition coefficient (Wildman–Crippen LogP) is 3.44. The van der Waals surface area contributed by atoms with E-state index in [1.165, 1.54) is 0 Å². The molecule has 0 saturated carbocycles. The number of hydrogen-bond donors (Lipinski definition) is 2. The topological polar surface area (TPSA) is 87.7 Å². The van der Waals surface area contributed by atoms with Crippen LogP contribution >= 0.6 is 0 Å². The van der Waals surface area contributed by atoms with Crippen LogP contribution in [-0.4, -0.2) is 41.9 Å². The molecule has 7 heteroatoms. The van der Waals surface area contributed by atoms with Gasteiger partial charge in [0.25, 0.3) is 0 Å². The Balaban J connectivity index is 1.47. The zero-order valence-electron chi connectivity index (χ0n) is 18.3. The molecule has 2 aromatic carbocycles. The summed E-state index contributed by atoms with van der Waals surface area (Å²) in [7, 11) is 0. The van der Waals surface area contributed by atoms with Crippen molar-refractivity contribution in [3.8, 4) is 0 Å². The maximum atomic E-state index is 13.6. The van der Waals surface area contributed by atoms with Crippen molar-refractivity contribution in [2.45, 2.75) is 44.7 Å². The van der Waals surface area contributed by atoms with Gasteiger partial charge < -0.3 is 15.4 Å². The lowest BCUT2D eigenvalue weighted by Gasteiger charge is -2.36. The lowest BCUT2D eigenvalue weighted by atomic mass is 9.78. The summed E-state index contributed by atoms with van der Waals surface area (Å²) in [6.45, 7) is 4.88. The number of benzene rings is 2. The molecule has 0 unspecified atom stereocenters. The number of amides is 2. The van der Waals surface area contributed by atoms with Gasteiger partial charge in [-0.2, -0.15) is 0 Å². The molecular weight excluding hydrogens is 406 g/mol. The van der Waals surface area contributed by atoms with E-state index in [4.69, 9.17) is 4.74 Å². The molecule has 3 aliphatic rings. The molecule has 3 atom stereocenters. The molecule has 2 aromatic rings. The Bertz CT molecular complexity index is 1100. The minimum absolute atomic E-state index is 0.111. The first-order valence-corrected chi connectivity index (χ1v) is 11.2. The van der Waals surface area contributed by atoms with Gasteiger partial charge in [0.2, 0.25) is 11.8 Å². The Morgan fingerprint density at radius 2 is 2.00 bits per heavy atom. The van der Waals surface area contributed by atoms with E-state index in [1.54, 1.807) is 31.2 Å². The smallest absolute Gasteiger partial charge is 0.338 e. The number of nitrogens with zero attached hydrogens (tertiary/aromatic N) is 1. The fourth-order valence-corrected chi connectivity index (χ4v) is 5.67. The van der Waals surface area contributed by atoms with Crippen molar-refractivity contribution < 1.29 is 19.1 Å². The molecule has 0 radical (unpaired) electrons. The third-order valence-electron chi connectivity index (χ3n) is 7.00. The van der Waals surface area contributed by atoms with Gasteiger partial charge in [-0.05, 0) is 70.0 Å². The van der Waals surface area contributed by atoms with Crippen LogP contribution in [0.5, 0.6) is 0 Å². The summed E-state index contributed by atoms with van der Waals surface area (Å²) in [6.07, 6.45) is 2.67. The average molecular weight is 434 g/mol. The molecule has 0 aliphatic carbocycles. The van der Waals surface area contributed by atoms with E-state index in [0.717, 1.165) is 36.2 Å². The van der Waals surface area contributed by atoms with Crippen LogP contribution < -0.4 is 10.6 Å². The summed E-state index contributed by atoms with van der Waals surface area (Å²) < 4.78 is 5.01. The third kappa shape index (κ3) is 3.03. The van der Waals surface area contributed by atoms with E-state index in [0.29, 0.717) is 24.3 Å². The summed E-state index contributed by atoms with van der Waals surface area (Å²) in [5.74, 6) is -1.18. The molecule has 0 aromatic heterocycles. The van der Waals surface area contributed by atoms with Gasteiger partial charge in [-0.1, -0.05) is 17.7 Å². The highest BCUT2D eigenvalue weighted by Gasteiger charge is 2.65. The van der Waals surface area contributed by atoms with Gasteiger partial charge in [-0.3, -0.25) is 14.5 Å². The van der Waals surface area contributed by atoms with Crippen LogP contribution in [-0.2, 0) is 19.9 Å². The molecular formula is C25H27N3O4. The molecule has 0 bridgehead atoms. The molecule has 3 heterocycles. The van der Waals surface area contributed by atoms with Crippen LogP contribution in [0.1, 0.15) is 47.7 Å². The van der Waals surface area contributed by atoms with E-state index in [-0.39, 0.29) is 17.9 Å². The third-order valence-corrected chi connectivity index (χ3v) is 7.00. The van der Waals surface area contributed by atoms with Crippen molar-refractivity contribution in [3.63, 3.8) is 0 Å². The number of rotatable bonds is 4. The molecule has 7 nitrogen and oxygen atoms in total. The zero-order valence-corrected chi connectivity index (χ0v) is 18.3. The van der Waals surface area contributed by atoms with Gasteiger partial charge in [0.1, 0.15) is 5.54 Å². The van der Waals surface area contributed by atoms with E-state index >= 15 is 0 Å². The van der Waals surface area contributed by atoms with Gasteiger partial charge in [0.05, 0.1) is 18.1 Å². The fourth-order valence-electron chi connectivity index (χ4n) is 5.67. The van der Waals surface area contributed by atoms with Crippen LogP contribution in [0.4, 0.5) is 11.4 Å². The number of carbonyl (C=O) groups excluding carboxylic acids is 3. The van der Waals surface area contributed by atoms with Crippen molar-refractivity contribution in [3.05, 3.63) is 59.2 Å². The first kappa shape index (κ1) is 20.7. The van der Waals surface area contributed by atoms with Gasteiger partial charge in [-0.15, -0.1) is 0 Å². The summed E-state index contributed by atoms with van der Waals surface area (Å²) in [5, 5.41) is 6.03. The lowest BCUT2D eigenvalue weighted by Crippen LogP contribution is -2.53.